The first kappa shape index (κ1) is 27.3. The Morgan fingerprint density at radius 1 is 1.19 bits per heavy atom. The molecule has 0 spiro atoms. The minimum Gasteiger partial charge on any atom is -0.371 e. The van der Waals surface area contributed by atoms with Gasteiger partial charge in [0.05, 0.1) is 22.9 Å². The highest BCUT2D eigenvalue weighted by Crippen LogP contribution is 2.29. The average Bonchev–Trinajstić information content (AvgIpc) is 2.84. The zero-order valence-corrected chi connectivity index (χ0v) is 22.3. The van der Waals surface area contributed by atoms with Crippen molar-refractivity contribution >= 4 is 44.6 Å². The number of carbonyl (C=O) groups is 2. The molecule has 0 radical (unpaired) electrons. The molecule has 0 saturated carbocycles. The topological polar surface area (TPSA) is 108 Å². The van der Waals surface area contributed by atoms with Gasteiger partial charge in [0.1, 0.15) is 11.9 Å². The maximum Gasteiger partial charge on any atom is 0.251 e. The first-order valence-electron chi connectivity index (χ1n) is 12.5. The van der Waals surface area contributed by atoms with Crippen molar-refractivity contribution in [2.75, 3.05) is 36.0 Å². The Morgan fingerprint density at radius 3 is 2.76 bits per heavy atom. The van der Waals surface area contributed by atoms with E-state index < -0.39 is 39.1 Å². The van der Waals surface area contributed by atoms with Crippen LogP contribution in [0.3, 0.4) is 0 Å². The normalized spacial score (nSPS) is 20.0. The van der Waals surface area contributed by atoms with Crippen LogP contribution in [0.15, 0.2) is 36.4 Å². The third-order valence-corrected chi connectivity index (χ3v) is 8.79. The number of fused-ring (bicyclic) bond motifs is 1. The molecule has 2 aliphatic rings. The number of likely N-dealkylation sites (tertiary alicyclic amines) is 1. The van der Waals surface area contributed by atoms with Crippen LogP contribution in [0.2, 0.25) is 5.02 Å². The van der Waals surface area contributed by atoms with Crippen molar-refractivity contribution in [2.45, 2.75) is 50.4 Å². The number of hydrogen-bond acceptors (Lipinski definition) is 6. The number of amides is 2. The minimum absolute atomic E-state index is 0.0156. The lowest BCUT2D eigenvalue weighted by Gasteiger charge is -2.33. The summed E-state index contributed by atoms with van der Waals surface area (Å²) in [5.41, 5.74) is 1.61. The van der Waals surface area contributed by atoms with Crippen LogP contribution in [0.4, 0.5) is 15.8 Å². The second kappa shape index (κ2) is 11.8. The van der Waals surface area contributed by atoms with Gasteiger partial charge in [0.2, 0.25) is 5.91 Å². The van der Waals surface area contributed by atoms with Crippen LogP contribution >= 0.6 is 11.6 Å². The average molecular weight is 551 g/mol. The molecule has 2 atom stereocenters. The molecule has 37 heavy (non-hydrogen) atoms. The minimum atomic E-state index is -3.75. The van der Waals surface area contributed by atoms with E-state index in [0.29, 0.717) is 29.5 Å². The Kier molecular flexibility index (Phi) is 8.71. The zero-order chi connectivity index (χ0) is 26.6. The highest BCUT2D eigenvalue weighted by atomic mass is 35.5. The lowest BCUT2D eigenvalue weighted by Crippen LogP contribution is -2.43. The molecule has 2 heterocycles. The standard InChI is InChI=1S/C26H32ClFN4O4S/c1-17-5-2-3-11-32(17)12-4-10-29-25(33)18-7-9-22-23(13-18)31-26(34)24(30-22)16-37(35,36)15-19-6-8-20(28)14-21(19)27/h6-9,13-14,17,24,30H,2-5,10-12,15-16H2,1H3,(H,29,33)(H,31,34). The summed E-state index contributed by atoms with van der Waals surface area (Å²) in [7, 11) is -3.75. The predicted molar refractivity (Wildman–Crippen MR) is 143 cm³/mol. The number of rotatable bonds is 9. The number of carbonyl (C=O) groups excluding carboxylic acids is 2. The first-order valence-corrected chi connectivity index (χ1v) is 14.7. The van der Waals surface area contributed by atoms with E-state index in [1.54, 1.807) is 18.2 Å². The maximum absolute atomic E-state index is 13.3. The van der Waals surface area contributed by atoms with Gasteiger partial charge in [-0.3, -0.25) is 9.59 Å². The molecule has 3 N–H and O–H groups in total. The van der Waals surface area contributed by atoms with E-state index in [0.717, 1.165) is 31.6 Å². The molecule has 4 rings (SSSR count). The number of benzene rings is 2. The molecular formula is C26H32ClFN4O4S. The van der Waals surface area contributed by atoms with Crippen molar-refractivity contribution in [2.24, 2.45) is 0 Å². The van der Waals surface area contributed by atoms with Gasteiger partial charge in [0.15, 0.2) is 9.84 Å². The molecule has 0 aromatic heterocycles. The van der Waals surface area contributed by atoms with Crippen LogP contribution in [0.5, 0.6) is 0 Å². The number of sulfone groups is 1. The van der Waals surface area contributed by atoms with Gasteiger partial charge in [-0.1, -0.05) is 24.1 Å². The summed E-state index contributed by atoms with van der Waals surface area (Å²) < 4.78 is 38.7. The molecule has 0 aliphatic carbocycles. The third kappa shape index (κ3) is 7.21. The Balaban J connectivity index is 1.31. The summed E-state index contributed by atoms with van der Waals surface area (Å²) in [6.45, 7) is 4.86. The second-order valence-corrected chi connectivity index (χ2v) is 12.2. The molecule has 2 unspecified atom stereocenters. The van der Waals surface area contributed by atoms with E-state index in [2.05, 4.69) is 27.8 Å². The van der Waals surface area contributed by atoms with Crippen molar-refractivity contribution in [1.82, 2.24) is 10.2 Å². The van der Waals surface area contributed by atoms with Crippen LogP contribution in [0, 0.1) is 5.82 Å². The van der Waals surface area contributed by atoms with Gasteiger partial charge in [-0.2, -0.15) is 0 Å². The van der Waals surface area contributed by atoms with Gasteiger partial charge < -0.3 is 20.9 Å². The summed E-state index contributed by atoms with van der Waals surface area (Å²) in [5.74, 6) is -2.19. The summed E-state index contributed by atoms with van der Waals surface area (Å²) in [4.78, 5) is 27.7. The quantitative estimate of drug-likeness (QED) is 0.410. The van der Waals surface area contributed by atoms with E-state index in [1.165, 1.54) is 25.3 Å². The first-order chi connectivity index (χ1) is 17.6. The fourth-order valence-electron chi connectivity index (χ4n) is 4.77. The molecule has 200 valence electrons. The van der Waals surface area contributed by atoms with E-state index in [4.69, 9.17) is 11.6 Å². The van der Waals surface area contributed by atoms with Crippen LogP contribution in [-0.4, -0.2) is 62.6 Å². The molecule has 11 heteroatoms. The number of nitrogens with one attached hydrogen (secondary N) is 3. The molecule has 0 bridgehead atoms. The maximum atomic E-state index is 13.3. The monoisotopic (exact) mass is 550 g/mol. The van der Waals surface area contributed by atoms with Gasteiger partial charge in [-0.05, 0) is 68.6 Å². The molecular weight excluding hydrogens is 519 g/mol. The van der Waals surface area contributed by atoms with Crippen molar-refractivity contribution in [3.63, 3.8) is 0 Å². The smallest absolute Gasteiger partial charge is 0.251 e. The van der Waals surface area contributed by atoms with E-state index in [1.807, 2.05) is 0 Å². The highest BCUT2D eigenvalue weighted by molar-refractivity contribution is 7.90. The fraction of sp³-hybridized carbons (Fsp3) is 0.462. The lowest BCUT2D eigenvalue weighted by molar-refractivity contribution is -0.116. The number of nitrogens with zero attached hydrogens (tertiary/aromatic N) is 1. The number of piperidine rings is 1. The highest BCUT2D eigenvalue weighted by Gasteiger charge is 2.31. The van der Waals surface area contributed by atoms with Crippen LogP contribution in [-0.2, 0) is 20.4 Å². The summed E-state index contributed by atoms with van der Waals surface area (Å²) in [6, 6.07) is 7.93. The molecule has 2 aromatic carbocycles. The van der Waals surface area contributed by atoms with Gasteiger partial charge in [-0.25, -0.2) is 12.8 Å². The van der Waals surface area contributed by atoms with Crippen LogP contribution in [0.1, 0.15) is 48.5 Å². The number of halogens is 2. The van der Waals surface area contributed by atoms with E-state index in [9.17, 15) is 22.4 Å². The van der Waals surface area contributed by atoms with Gasteiger partial charge >= 0.3 is 0 Å². The molecule has 2 aromatic rings. The van der Waals surface area contributed by atoms with E-state index >= 15 is 0 Å². The van der Waals surface area contributed by atoms with Gasteiger partial charge in [-0.15, -0.1) is 0 Å². The van der Waals surface area contributed by atoms with Gasteiger partial charge in [0, 0.05) is 29.7 Å². The number of hydrogen-bond donors (Lipinski definition) is 3. The SMILES string of the molecule is CC1CCCCN1CCCNC(=O)c1ccc2c(c1)NC(=O)C(CS(=O)(=O)Cc1ccc(F)cc1Cl)N2. The Hall–Kier alpha value is -2.69. The van der Waals surface area contributed by atoms with Crippen molar-refractivity contribution < 1.29 is 22.4 Å². The molecule has 8 nitrogen and oxygen atoms in total. The third-order valence-electron chi connectivity index (χ3n) is 6.85. The number of anilines is 2. The zero-order valence-electron chi connectivity index (χ0n) is 20.7. The molecule has 2 aliphatic heterocycles. The lowest BCUT2D eigenvalue weighted by atomic mass is 10.0. The van der Waals surface area contributed by atoms with Crippen molar-refractivity contribution in [3.05, 3.63) is 58.4 Å². The van der Waals surface area contributed by atoms with Crippen molar-refractivity contribution in [1.29, 1.82) is 0 Å². The Morgan fingerprint density at radius 2 is 2.00 bits per heavy atom. The second-order valence-electron chi connectivity index (χ2n) is 9.73. The van der Waals surface area contributed by atoms with E-state index in [-0.39, 0.29) is 16.5 Å². The molecule has 1 fully saturated rings. The molecule has 2 amide bonds. The largest absolute Gasteiger partial charge is 0.371 e. The fourth-order valence-corrected chi connectivity index (χ4v) is 6.67. The summed E-state index contributed by atoms with van der Waals surface area (Å²) in [5, 5.41) is 8.59. The Bertz CT molecular complexity index is 1270. The predicted octanol–water partition coefficient (Wildman–Crippen LogP) is 3.82. The summed E-state index contributed by atoms with van der Waals surface area (Å²) >= 11 is 5.96. The molecule has 1 saturated heterocycles. The summed E-state index contributed by atoms with van der Waals surface area (Å²) in [6.07, 6.45) is 4.58. The van der Waals surface area contributed by atoms with Crippen LogP contribution in [0.25, 0.3) is 0 Å². The van der Waals surface area contributed by atoms with Crippen LogP contribution < -0.4 is 16.0 Å². The van der Waals surface area contributed by atoms with Crippen molar-refractivity contribution in [3.8, 4) is 0 Å². The van der Waals surface area contributed by atoms with Gasteiger partial charge in [0.25, 0.3) is 5.91 Å². The Labute approximate surface area is 221 Å².